The van der Waals surface area contributed by atoms with Crippen LogP contribution in [0.3, 0.4) is 0 Å². The van der Waals surface area contributed by atoms with Gasteiger partial charge in [-0.25, -0.2) is 105 Å². The van der Waals surface area contributed by atoms with Crippen LogP contribution in [0.15, 0.2) is 267 Å². The molecule has 0 saturated heterocycles. The molecule has 134 heavy (non-hydrogen) atoms. The van der Waals surface area contributed by atoms with E-state index in [4.69, 9.17) is 0 Å². The molecule has 16 aromatic rings. The third-order valence-corrected chi connectivity index (χ3v) is 22.4. The number of unbranched alkanes of at least 4 members (excludes halogenated alkanes) is 3. The Kier molecular flexibility index (Phi) is 31.3. The first-order chi connectivity index (χ1) is 64.1. The van der Waals surface area contributed by atoms with E-state index >= 15 is 0 Å². The van der Waals surface area contributed by atoms with Crippen LogP contribution >= 0.6 is 0 Å². The first-order valence-corrected chi connectivity index (χ1v) is 42.3. The van der Waals surface area contributed by atoms with Gasteiger partial charge in [0.1, 0.15) is 69.8 Å². The van der Waals surface area contributed by atoms with Gasteiger partial charge >= 0.3 is 0 Å². The number of benzene rings is 16. The zero-order valence-electron chi connectivity index (χ0n) is 71.5. The molecular weight excluding hydrogens is 1780 g/mol. The SMILES string of the molecule is CCCCCc1ccc(-c2ccc(-c3cc(F)c(-c4cc(F)c(F)c(F)c4)c(F)c3)c(F)c2)cc1.CCCCc1ccc(-c2ccc(-c3cc(F)c(-c4cc(F)c(F)c(F)c4)c(F)c3)c(F)c2)cc1.CCCc1ccc(-c2ccc(-c3cc(F)c(-c4cc(F)c(F)c(F)c4)c(F)c3)c(F)c2)cc1.CCc1ccc(-c2ccc(-c3cc(F)c(-c4cc(F)c(F)c(F)c4)c(F)c3)c(F)c2)cc1. The lowest BCUT2D eigenvalue weighted by Crippen LogP contribution is -1.97. The number of hydrogen-bond acceptors (Lipinski definition) is 0. The molecule has 0 saturated carbocycles. The summed E-state index contributed by atoms with van der Waals surface area (Å²) in [4.78, 5) is 0. The molecule has 0 radical (unpaired) electrons. The van der Waals surface area contributed by atoms with E-state index < -0.39 is 184 Å². The predicted molar refractivity (Wildman–Crippen MR) is 475 cm³/mol. The summed E-state index contributed by atoms with van der Waals surface area (Å²) in [5, 5.41) is 0. The van der Waals surface area contributed by atoms with Gasteiger partial charge in [-0.3, -0.25) is 0 Å². The Morgan fingerprint density at radius 2 is 0.321 bits per heavy atom. The normalized spacial score (nSPS) is 11.1. The lowest BCUT2D eigenvalue weighted by atomic mass is 9.96. The van der Waals surface area contributed by atoms with E-state index in [9.17, 15) is 105 Å². The number of halogens is 24. The topological polar surface area (TPSA) is 0 Å². The summed E-state index contributed by atoms with van der Waals surface area (Å²) >= 11 is 0. The number of aryl methyl sites for hydroxylation is 4. The summed E-state index contributed by atoms with van der Waals surface area (Å²) in [6, 6.07) is 59.2. The van der Waals surface area contributed by atoms with Gasteiger partial charge in [-0.2, -0.15) is 0 Å². The van der Waals surface area contributed by atoms with E-state index in [0.29, 0.717) is 70.8 Å². The van der Waals surface area contributed by atoms with Gasteiger partial charge in [-0.05, 0) is 271 Å². The molecule has 0 atom stereocenters. The minimum Gasteiger partial charge on any atom is -0.206 e. The Morgan fingerprint density at radius 3 is 0.515 bits per heavy atom. The highest BCUT2D eigenvalue weighted by molar-refractivity contribution is 5.81. The van der Waals surface area contributed by atoms with Crippen molar-refractivity contribution in [3.05, 3.63) is 429 Å². The molecule has 0 unspecified atom stereocenters. The smallest absolute Gasteiger partial charge is 0.194 e. The highest BCUT2D eigenvalue weighted by atomic mass is 19.2. The highest BCUT2D eigenvalue weighted by Gasteiger charge is 2.27. The van der Waals surface area contributed by atoms with Crippen molar-refractivity contribution in [3.8, 4) is 134 Å². The molecule has 16 rings (SSSR count). The molecule has 0 nitrogen and oxygen atoms in total. The Labute approximate surface area is 755 Å². The first-order valence-electron chi connectivity index (χ1n) is 42.3. The minimum atomic E-state index is -1.74. The van der Waals surface area contributed by atoms with Gasteiger partial charge in [-0.15, -0.1) is 0 Å². The van der Waals surface area contributed by atoms with Crippen molar-refractivity contribution in [3.63, 3.8) is 0 Å². The van der Waals surface area contributed by atoms with Crippen molar-refractivity contribution in [2.75, 3.05) is 0 Å². The van der Waals surface area contributed by atoms with Crippen molar-refractivity contribution in [1.29, 1.82) is 0 Å². The van der Waals surface area contributed by atoms with Crippen molar-refractivity contribution in [2.24, 2.45) is 0 Å². The lowest BCUT2D eigenvalue weighted by molar-refractivity contribution is 0.447. The summed E-state index contributed by atoms with van der Waals surface area (Å²) in [7, 11) is 0. The van der Waals surface area contributed by atoms with E-state index in [1.165, 1.54) is 65.2 Å². The van der Waals surface area contributed by atoms with E-state index in [1.54, 1.807) is 24.3 Å². The van der Waals surface area contributed by atoms with E-state index in [2.05, 4.69) is 20.8 Å². The van der Waals surface area contributed by atoms with Gasteiger partial charge in [0, 0.05) is 22.3 Å². The van der Waals surface area contributed by atoms with Crippen LogP contribution in [0.5, 0.6) is 0 Å². The Morgan fingerprint density at radius 1 is 0.142 bits per heavy atom. The van der Waals surface area contributed by atoms with Crippen molar-refractivity contribution in [1.82, 2.24) is 0 Å². The van der Waals surface area contributed by atoms with Gasteiger partial charge in [0.05, 0.1) is 22.3 Å². The van der Waals surface area contributed by atoms with E-state index in [-0.39, 0.29) is 44.5 Å². The van der Waals surface area contributed by atoms with Crippen LogP contribution < -0.4 is 0 Å². The van der Waals surface area contributed by atoms with Crippen LogP contribution in [0.2, 0.25) is 0 Å². The van der Waals surface area contributed by atoms with E-state index in [0.717, 1.165) is 141 Å². The standard InChI is InChI=1S/C29H22F6.C28H20F6.C27H18F6.C26H16F6/c1-2-3-4-5-17-6-8-18(9-7-17)19-10-11-22(23(30)12-19)20-13-24(31)28(25(32)14-20)21-15-26(33)29(35)27(34)16-21;1-2-3-4-16-5-7-17(8-6-16)18-9-10-21(22(29)11-18)19-12-23(30)27(24(31)13-19)20-14-25(32)28(34)26(33)15-20;1-2-3-15-4-6-16(7-5-15)17-8-9-20(21(28)10-17)18-11-22(29)26(23(30)12-18)19-13-24(31)27(33)25(32)14-19;1-2-14-3-5-15(6-4-14)16-7-8-19(20(27)9-16)17-10-21(28)25(22(29)11-17)18-12-23(30)26(32)24(31)13-18/h6-16H,2-5H2,1H3;5-15H,2-4H2,1H3;4-14H,2-3H2,1H3;3-13H,2H2,1H3. The van der Waals surface area contributed by atoms with Crippen LogP contribution in [0.25, 0.3) is 134 Å². The highest BCUT2D eigenvalue weighted by Crippen LogP contribution is 2.42. The first kappa shape index (κ1) is 97.4. The van der Waals surface area contributed by atoms with Crippen molar-refractivity contribution < 1.29 is 105 Å². The molecule has 0 bridgehead atoms. The second kappa shape index (κ2) is 43.0. The monoisotopic (exact) mass is 1850 g/mol. The minimum absolute atomic E-state index is 0.0363. The van der Waals surface area contributed by atoms with Gasteiger partial charge in [0.2, 0.25) is 0 Å². The second-order valence-electron chi connectivity index (χ2n) is 31.5. The van der Waals surface area contributed by atoms with Crippen LogP contribution in [0, 0.1) is 140 Å². The summed E-state index contributed by atoms with van der Waals surface area (Å²) in [5.41, 5.74) is 4.88. The molecule has 0 heterocycles. The maximum absolute atomic E-state index is 15.0. The van der Waals surface area contributed by atoms with Gasteiger partial charge < -0.3 is 0 Å². The Hall–Kier alpha value is -14.2. The zero-order chi connectivity index (χ0) is 96.2. The molecule has 0 spiro atoms. The molecule has 0 aliphatic carbocycles. The summed E-state index contributed by atoms with van der Waals surface area (Å²) in [6.07, 6.45) is 10.4. The molecule has 16 aromatic carbocycles. The molecule has 0 aliphatic rings. The fourth-order valence-electron chi connectivity index (χ4n) is 15.3. The van der Waals surface area contributed by atoms with E-state index in [1.807, 2.05) is 104 Å². The van der Waals surface area contributed by atoms with Crippen LogP contribution in [0.1, 0.15) is 88.5 Å². The largest absolute Gasteiger partial charge is 0.206 e. The van der Waals surface area contributed by atoms with Gasteiger partial charge in [0.15, 0.2) is 69.8 Å². The third kappa shape index (κ3) is 22.4. The molecule has 24 heteroatoms. The lowest BCUT2D eigenvalue weighted by Gasteiger charge is -2.11. The third-order valence-electron chi connectivity index (χ3n) is 22.4. The summed E-state index contributed by atoms with van der Waals surface area (Å²) < 4.78 is 338. The van der Waals surface area contributed by atoms with Crippen molar-refractivity contribution in [2.45, 2.75) is 91.9 Å². The molecule has 0 fully saturated rings. The number of rotatable bonds is 22. The van der Waals surface area contributed by atoms with Gasteiger partial charge in [0.25, 0.3) is 0 Å². The molecular formula is C110H76F24. The molecule has 0 amide bonds. The summed E-state index contributed by atoms with van der Waals surface area (Å²) in [5.74, 6) is -31.5. The predicted octanol–water partition coefficient (Wildman–Crippen LogP) is 34.7. The fraction of sp³-hybridized carbons (Fsp3) is 0.127. The maximum Gasteiger partial charge on any atom is 0.194 e. The zero-order valence-corrected chi connectivity index (χ0v) is 71.5. The Bertz CT molecular complexity index is 6820. The summed E-state index contributed by atoms with van der Waals surface area (Å²) in [6.45, 7) is 8.37. The van der Waals surface area contributed by atoms with Gasteiger partial charge in [-0.1, -0.05) is 199 Å². The number of hydrogen-bond donors (Lipinski definition) is 0. The van der Waals surface area contributed by atoms with Crippen LogP contribution in [-0.4, -0.2) is 0 Å². The average Bonchev–Trinajstić information content (AvgIpc) is 0.788. The maximum atomic E-state index is 15.0. The molecule has 684 valence electrons. The quantitative estimate of drug-likeness (QED) is 0.0360. The second-order valence-corrected chi connectivity index (χ2v) is 31.5. The Balaban J connectivity index is 0.000000152. The average molecular weight is 1850 g/mol. The van der Waals surface area contributed by atoms with Crippen LogP contribution in [0.4, 0.5) is 105 Å². The molecule has 0 aliphatic heterocycles. The van der Waals surface area contributed by atoms with Crippen molar-refractivity contribution >= 4 is 0 Å². The molecule has 0 N–H and O–H groups in total. The fourth-order valence-corrected chi connectivity index (χ4v) is 15.3. The molecule has 0 aromatic heterocycles. The van der Waals surface area contributed by atoms with Crippen LogP contribution in [-0.2, 0) is 25.7 Å².